The molecule has 3 aromatic rings. The smallest absolute Gasteiger partial charge is 0.228 e. The van der Waals surface area contributed by atoms with E-state index in [0.29, 0.717) is 11.3 Å². The lowest BCUT2D eigenvalue weighted by Gasteiger charge is -2.03. The molecule has 3 rings (SSSR count). The zero-order chi connectivity index (χ0) is 13.9. The van der Waals surface area contributed by atoms with Crippen LogP contribution in [0.15, 0.2) is 71.1 Å². The van der Waals surface area contributed by atoms with Gasteiger partial charge in [-0.2, -0.15) is 0 Å². The minimum absolute atomic E-state index is 0.0855. The van der Waals surface area contributed by atoms with Crippen molar-refractivity contribution in [3.05, 3.63) is 83.8 Å². The van der Waals surface area contributed by atoms with Crippen molar-refractivity contribution in [2.24, 2.45) is 0 Å². The first-order valence-corrected chi connectivity index (χ1v) is 6.51. The Morgan fingerprint density at radius 3 is 2.05 bits per heavy atom. The minimum atomic E-state index is -0.0855. The van der Waals surface area contributed by atoms with E-state index in [1.54, 1.807) is 12.1 Å². The summed E-state index contributed by atoms with van der Waals surface area (Å²) in [4.78, 5) is 12.2. The van der Waals surface area contributed by atoms with E-state index in [0.717, 1.165) is 16.9 Å². The third-order valence-electron chi connectivity index (χ3n) is 3.22. The molecule has 2 heteroatoms. The number of furan rings is 1. The highest BCUT2D eigenvalue weighted by Gasteiger charge is 2.12. The minimum Gasteiger partial charge on any atom is -0.458 e. The van der Waals surface area contributed by atoms with Crippen LogP contribution in [0.4, 0.5) is 0 Å². The summed E-state index contributed by atoms with van der Waals surface area (Å²) in [6.45, 7) is 1.83. The lowest BCUT2D eigenvalue weighted by molar-refractivity contribution is 0.101. The van der Waals surface area contributed by atoms with Crippen molar-refractivity contribution in [3.63, 3.8) is 0 Å². The van der Waals surface area contributed by atoms with E-state index in [-0.39, 0.29) is 5.78 Å². The second-order valence-corrected chi connectivity index (χ2v) is 4.68. The van der Waals surface area contributed by atoms with E-state index >= 15 is 0 Å². The molecule has 0 spiro atoms. The molecule has 0 saturated heterocycles. The maximum Gasteiger partial charge on any atom is 0.228 e. The number of rotatable bonds is 3. The molecule has 2 aromatic carbocycles. The third-order valence-corrected chi connectivity index (χ3v) is 3.22. The van der Waals surface area contributed by atoms with Crippen molar-refractivity contribution in [1.82, 2.24) is 0 Å². The molecule has 0 unspecified atom stereocenters. The fourth-order valence-electron chi connectivity index (χ4n) is 2.14. The summed E-state index contributed by atoms with van der Waals surface area (Å²) in [7, 11) is 0. The molecule has 0 radical (unpaired) electrons. The van der Waals surface area contributed by atoms with Crippen molar-refractivity contribution in [2.45, 2.75) is 6.92 Å². The first kappa shape index (κ1) is 12.4. The van der Waals surface area contributed by atoms with E-state index in [1.807, 2.05) is 61.5 Å². The molecule has 0 atom stereocenters. The second-order valence-electron chi connectivity index (χ2n) is 4.68. The number of carbonyl (C=O) groups is 1. The molecule has 0 N–H and O–H groups in total. The summed E-state index contributed by atoms with van der Waals surface area (Å²) in [5, 5.41) is 0. The summed E-state index contributed by atoms with van der Waals surface area (Å²) in [5.41, 5.74) is 2.87. The molecular weight excluding hydrogens is 248 g/mol. The maximum absolute atomic E-state index is 12.2. The van der Waals surface area contributed by atoms with Crippen LogP contribution in [0.1, 0.15) is 21.9 Å². The number of hydrogen-bond donors (Lipinski definition) is 0. The van der Waals surface area contributed by atoms with Gasteiger partial charge in [-0.25, -0.2) is 0 Å². The van der Waals surface area contributed by atoms with E-state index in [2.05, 4.69) is 0 Å². The molecule has 0 aliphatic carbocycles. The SMILES string of the molecule is Cc1ccc(C(=O)c2ccc(-c3ccccc3)cc2)o1. The van der Waals surface area contributed by atoms with Gasteiger partial charge in [0.05, 0.1) is 0 Å². The molecule has 1 heterocycles. The quantitative estimate of drug-likeness (QED) is 0.651. The summed E-state index contributed by atoms with van der Waals surface area (Å²) >= 11 is 0. The largest absolute Gasteiger partial charge is 0.458 e. The summed E-state index contributed by atoms with van der Waals surface area (Å²) in [6, 6.07) is 21.2. The van der Waals surface area contributed by atoms with E-state index < -0.39 is 0 Å². The molecule has 98 valence electrons. The lowest BCUT2D eigenvalue weighted by Crippen LogP contribution is -1.99. The molecule has 20 heavy (non-hydrogen) atoms. The number of hydrogen-bond acceptors (Lipinski definition) is 2. The molecule has 2 nitrogen and oxygen atoms in total. The van der Waals surface area contributed by atoms with Gasteiger partial charge in [-0.15, -0.1) is 0 Å². The number of aryl methyl sites for hydroxylation is 1. The topological polar surface area (TPSA) is 30.2 Å². The first-order valence-electron chi connectivity index (χ1n) is 6.51. The summed E-state index contributed by atoms with van der Waals surface area (Å²) in [6.07, 6.45) is 0. The molecule has 0 bridgehead atoms. The van der Waals surface area contributed by atoms with Gasteiger partial charge in [0.1, 0.15) is 5.76 Å². The second kappa shape index (κ2) is 5.17. The van der Waals surface area contributed by atoms with Crippen LogP contribution >= 0.6 is 0 Å². The normalized spacial score (nSPS) is 10.4. The Kier molecular flexibility index (Phi) is 3.21. The Morgan fingerprint density at radius 2 is 1.45 bits per heavy atom. The van der Waals surface area contributed by atoms with Crippen molar-refractivity contribution < 1.29 is 9.21 Å². The highest BCUT2D eigenvalue weighted by Crippen LogP contribution is 2.20. The van der Waals surface area contributed by atoms with Gasteiger partial charge in [-0.05, 0) is 30.2 Å². The predicted molar refractivity (Wildman–Crippen MR) is 78.8 cm³/mol. The number of ketones is 1. The van der Waals surface area contributed by atoms with Gasteiger partial charge in [-0.1, -0.05) is 54.6 Å². The van der Waals surface area contributed by atoms with Crippen LogP contribution in [-0.2, 0) is 0 Å². The number of carbonyl (C=O) groups excluding carboxylic acids is 1. The van der Waals surface area contributed by atoms with Gasteiger partial charge < -0.3 is 4.42 Å². The van der Waals surface area contributed by atoms with Crippen LogP contribution in [0, 0.1) is 6.92 Å². The fraction of sp³-hybridized carbons (Fsp3) is 0.0556. The number of benzene rings is 2. The third kappa shape index (κ3) is 2.41. The molecule has 0 aliphatic heterocycles. The van der Waals surface area contributed by atoms with Crippen LogP contribution in [-0.4, -0.2) is 5.78 Å². The van der Waals surface area contributed by atoms with Crippen molar-refractivity contribution in [1.29, 1.82) is 0 Å². The van der Waals surface area contributed by atoms with E-state index in [4.69, 9.17) is 4.42 Å². The standard InChI is InChI=1S/C18H14O2/c1-13-7-12-17(20-13)18(19)16-10-8-15(9-11-16)14-5-3-2-4-6-14/h2-12H,1H3. The Balaban J connectivity index is 1.88. The van der Waals surface area contributed by atoms with Gasteiger partial charge >= 0.3 is 0 Å². The molecule has 0 aliphatic rings. The zero-order valence-corrected chi connectivity index (χ0v) is 11.2. The average molecular weight is 262 g/mol. The zero-order valence-electron chi connectivity index (χ0n) is 11.2. The Morgan fingerprint density at radius 1 is 0.800 bits per heavy atom. The first-order chi connectivity index (χ1) is 9.74. The average Bonchev–Trinajstić information content (AvgIpc) is 2.94. The highest BCUT2D eigenvalue weighted by molar-refractivity contribution is 6.07. The fourth-order valence-corrected chi connectivity index (χ4v) is 2.14. The summed E-state index contributed by atoms with van der Waals surface area (Å²) in [5.74, 6) is 1.04. The Bertz CT molecular complexity index is 722. The van der Waals surface area contributed by atoms with Gasteiger partial charge in [0, 0.05) is 5.56 Å². The molecule has 1 aromatic heterocycles. The Labute approximate surface area is 117 Å². The van der Waals surface area contributed by atoms with Crippen LogP contribution in [0.25, 0.3) is 11.1 Å². The summed E-state index contributed by atoms with van der Waals surface area (Å²) < 4.78 is 5.37. The van der Waals surface area contributed by atoms with Gasteiger partial charge in [0.15, 0.2) is 5.76 Å². The Hall–Kier alpha value is -2.61. The van der Waals surface area contributed by atoms with Crippen molar-refractivity contribution in [2.75, 3.05) is 0 Å². The van der Waals surface area contributed by atoms with Crippen LogP contribution in [0.2, 0.25) is 0 Å². The van der Waals surface area contributed by atoms with Crippen molar-refractivity contribution >= 4 is 5.78 Å². The lowest BCUT2D eigenvalue weighted by atomic mass is 10.0. The van der Waals surface area contributed by atoms with Gasteiger partial charge in [-0.3, -0.25) is 4.79 Å². The van der Waals surface area contributed by atoms with Gasteiger partial charge in [0.2, 0.25) is 5.78 Å². The monoisotopic (exact) mass is 262 g/mol. The molecular formula is C18H14O2. The van der Waals surface area contributed by atoms with E-state index in [9.17, 15) is 4.79 Å². The molecule has 0 amide bonds. The molecule has 0 saturated carbocycles. The van der Waals surface area contributed by atoms with Crippen LogP contribution in [0.5, 0.6) is 0 Å². The van der Waals surface area contributed by atoms with Crippen molar-refractivity contribution in [3.8, 4) is 11.1 Å². The van der Waals surface area contributed by atoms with E-state index in [1.165, 1.54) is 0 Å². The maximum atomic E-state index is 12.2. The van der Waals surface area contributed by atoms with Crippen LogP contribution in [0.3, 0.4) is 0 Å². The van der Waals surface area contributed by atoms with Gasteiger partial charge in [0.25, 0.3) is 0 Å². The molecule has 0 fully saturated rings. The highest BCUT2D eigenvalue weighted by atomic mass is 16.3. The van der Waals surface area contributed by atoms with Crippen LogP contribution < -0.4 is 0 Å². The predicted octanol–water partition coefficient (Wildman–Crippen LogP) is 4.49.